The number of benzene rings is 1. The van der Waals surface area contributed by atoms with E-state index in [2.05, 4.69) is 97.2 Å². The third-order valence-corrected chi connectivity index (χ3v) is 14.9. The van der Waals surface area contributed by atoms with Crippen molar-refractivity contribution in [2.75, 3.05) is 0 Å². The van der Waals surface area contributed by atoms with Gasteiger partial charge in [-0.3, -0.25) is 0 Å². The quantitative estimate of drug-likeness (QED) is 0.587. The van der Waals surface area contributed by atoms with Crippen molar-refractivity contribution in [2.24, 2.45) is 0 Å². The zero-order valence-electron chi connectivity index (χ0n) is 17.9. The van der Waals surface area contributed by atoms with Crippen molar-refractivity contribution in [3.8, 4) is 0 Å². The molecule has 0 spiro atoms. The van der Waals surface area contributed by atoms with Gasteiger partial charge in [-0.1, -0.05) is 103 Å². The van der Waals surface area contributed by atoms with Crippen LogP contribution in [0, 0.1) is 0 Å². The molecule has 0 aromatic heterocycles. The van der Waals surface area contributed by atoms with Gasteiger partial charge in [-0.2, -0.15) is 0 Å². The maximum Gasteiger partial charge on any atom is 0.476 e. The highest BCUT2D eigenvalue weighted by atomic mass is 28.5. The lowest BCUT2D eigenvalue weighted by molar-refractivity contribution is 0.264. The van der Waals surface area contributed by atoms with Crippen molar-refractivity contribution >= 4 is 29.7 Å². The molecular weight excluding hydrogens is 427 g/mol. The summed E-state index contributed by atoms with van der Waals surface area (Å²) < 4.78 is 21.5. The van der Waals surface area contributed by atoms with Gasteiger partial charge in [0.1, 0.15) is 0 Å². The van der Waals surface area contributed by atoms with Crippen molar-refractivity contribution in [1.29, 1.82) is 0 Å². The molecule has 1 heterocycles. The highest BCUT2D eigenvalue weighted by molar-refractivity contribution is 7.02. The van der Waals surface area contributed by atoms with E-state index in [0.29, 0.717) is 0 Å². The number of hydrogen-bond donors (Lipinski definition) is 0. The van der Waals surface area contributed by atoms with E-state index in [1.165, 1.54) is 20.8 Å². The second-order valence-corrected chi connectivity index (χ2v) is 14.9. The maximum atomic E-state index is 7.45. The molecular formula is C26H25BO3Si2. The summed E-state index contributed by atoms with van der Waals surface area (Å²) in [5.41, 5.74) is 1.06. The lowest BCUT2D eigenvalue weighted by Crippen LogP contribution is -2.70. The van der Waals surface area contributed by atoms with Gasteiger partial charge in [-0.05, 0) is 51.9 Å². The second-order valence-electron chi connectivity index (χ2n) is 8.61. The van der Waals surface area contributed by atoms with Crippen molar-refractivity contribution in [2.45, 2.75) is 25.7 Å². The summed E-state index contributed by atoms with van der Waals surface area (Å²) in [6.45, 7) is 0. The molecule has 0 N–H and O–H groups in total. The van der Waals surface area contributed by atoms with Crippen molar-refractivity contribution in [3.05, 3.63) is 124 Å². The standard InChI is InChI=1S/C26H25BO3Si2/c1-2-12-22(13-3-1)27-28-31(23-14-4-5-15-23,24-16-6-7-17-24)30-32(29-27,25-18-8-9-19-25)26-20-10-11-21-26/h1-14,16,18,20H,15,17,19,21H2. The van der Waals surface area contributed by atoms with Gasteiger partial charge in [0.25, 0.3) is 0 Å². The van der Waals surface area contributed by atoms with Crippen LogP contribution in [0.5, 0.6) is 0 Å². The Morgan fingerprint density at radius 3 is 1.31 bits per heavy atom. The first-order chi connectivity index (χ1) is 15.8. The molecule has 6 rings (SSSR count). The molecule has 32 heavy (non-hydrogen) atoms. The number of rotatable bonds is 5. The summed E-state index contributed by atoms with van der Waals surface area (Å²) in [7, 11) is -6.32. The first-order valence-electron chi connectivity index (χ1n) is 11.4. The van der Waals surface area contributed by atoms with E-state index < -0.39 is 24.2 Å². The van der Waals surface area contributed by atoms with Gasteiger partial charge in [0, 0.05) is 0 Å². The van der Waals surface area contributed by atoms with Crippen molar-refractivity contribution in [1.82, 2.24) is 0 Å². The maximum absolute atomic E-state index is 7.45. The number of hydrogen-bond acceptors (Lipinski definition) is 3. The van der Waals surface area contributed by atoms with E-state index >= 15 is 0 Å². The number of allylic oxidation sites excluding steroid dienone is 16. The predicted octanol–water partition coefficient (Wildman–Crippen LogP) is 5.03. The lowest BCUT2D eigenvalue weighted by atomic mass is 9.80. The summed E-state index contributed by atoms with van der Waals surface area (Å²) in [4.78, 5) is 0. The highest BCUT2D eigenvalue weighted by Crippen LogP contribution is 2.46. The van der Waals surface area contributed by atoms with E-state index in [-0.39, 0.29) is 0 Å². The molecule has 0 unspecified atom stereocenters. The molecule has 0 amide bonds. The highest BCUT2D eigenvalue weighted by Gasteiger charge is 2.63. The van der Waals surface area contributed by atoms with E-state index in [0.717, 1.165) is 31.1 Å². The van der Waals surface area contributed by atoms with Gasteiger partial charge < -0.3 is 12.8 Å². The van der Waals surface area contributed by atoms with Crippen LogP contribution in [0.1, 0.15) is 25.7 Å². The molecule has 5 aliphatic rings. The summed E-state index contributed by atoms with van der Waals surface area (Å²) in [5, 5.41) is 5.14. The molecule has 0 saturated carbocycles. The van der Waals surface area contributed by atoms with E-state index in [9.17, 15) is 0 Å². The fourth-order valence-electron chi connectivity index (χ4n) is 5.06. The van der Waals surface area contributed by atoms with E-state index in [1.807, 2.05) is 6.07 Å². The van der Waals surface area contributed by atoms with Crippen LogP contribution in [0.2, 0.25) is 0 Å². The molecule has 1 aromatic carbocycles. The molecule has 4 aliphatic carbocycles. The molecule has 1 aromatic rings. The Kier molecular flexibility index (Phi) is 5.12. The Hall–Kier alpha value is -2.48. The zero-order chi connectivity index (χ0) is 21.4. The van der Waals surface area contributed by atoms with Crippen molar-refractivity contribution < 1.29 is 12.8 Å². The van der Waals surface area contributed by atoms with Crippen LogP contribution in [0.4, 0.5) is 0 Å². The van der Waals surface area contributed by atoms with Crippen molar-refractivity contribution in [3.63, 3.8) is 0 Å². The van der Waals surface area contributed by atoms with E-state index in [1.54, 1.807) is 0 Å². The van der Waals surface area contributed by atoms with Gasteiger partial charge in [0.15, 0.2) is 0 Å². The topological polar surface area (TPSA) is 27.7 Å². The summed E-state index contributed by atoms with van der Waals surface area (Å²) in [6, 6.07) is 10.4. The van der Waals surface area contributed by atoms with Crippen LogP contribution >= 0.6 is 0 Å². The van der Waals surface area contributed by atoms with E-state index in [4.69, 9.17) is 12.8 Å². The van der Waals surface area contributed by atoms with Crippen LogP contribution in [-0.4, -0.2) is 24.2 Å². The molecule has 0 atom stereocenters. The van der Waals surface area contributed by atoms with Crippen LogP contribution in [0.25, 0.3) is 0 Å². The average Bonchev–Trinajstić information content (AvgIpc) is 3.67. The summed E-state index contributed by atoms with van der Waals surface area (Å²) in [6.07, 6.45) is 29.8. The Balaban J connectivity index is 1.55. The molecule has 0 radical (unpaired) electrons. The molecule has 6 heteroatoms. The molecule has 1 fully saturated rings. The first kappa shape index (κ1) is 20.1. The van der Waals surface area contributed by atoms with Gasteiger partial charge in [-0.25, -0.2) is 0 Å². The second kappa shape index (κ2) is 8.14. The smallest absolute Gasteiger partial charge is 0.423 e. The minimum atomic E-state index is -2.94. The fraction of sp³-hybridized carbons (Fsp3) is 0.154. The molecule has 158 valence electrons. The van der Waals surface area contributed by atoms with Crippen LogP contribution < -0.4 is 5.46 Å². The van der Waals surface area contributed by atoms with Gasteiger partial charge in [0.05, 0.1) is 0 Å². The SMILES string of the molecule is C1=CCC([Si]2(C3=CC=CC3)OB(c3ccccc3)O[Si](C3=CC=CC3)(C3=CC=CC3)O2)=C1. The zero-order valence-corrected chi connectivity index (χ0v) is 19.9. The lowest BCUT2D eigenvalue weighted by Gasteiger charge is -2.50. The van der Waals surface area contributed by atoms with Gasteiger partial charge in [-0.15, -0.1) is 0 Å². The fourth-order valence-corrected chi connectivity index (χ4v) is 14.5. The van der Waals surface area contributed by atoms with Crippen LogP contribution in [0.15, 0.2) is 124 Å². The van der Waals surface area contributed by atoms with Gasteiger partial charge >= 0.3 is 24.2 Å². The third-order valence-electron chi connectivity index (χ3n) is 6.68. The third kappa shape index (κ3) is 3.22. The van der Waals surface area contributed by atoms with Crippen LogP contribution in [0.3, 0.4) is 0 Å². The molecule has 3 nitrogen and oxygen atoms in total. The molecule has 1 aliphatic heterocycles. The normalized spacial score (nSPS) is 24.7. The monoisotopic (exact) mass is 452 g/mol. The van der Waals surface area contributed by atoms with Gasteiger partial charge in [0.2, 0.25) is 0 Å². The Morgan fingerprint density at radius 2 is 0.969 bits per heavy atom. The Morgan fingerprint density at radius 1 is 0.562 bits per heavy atom. The first-order valence-corrected chi connectivity index (χ1v) is 15.0. The Bertz CT molecular complexity index is 1040. The summed E-state index contributed by atoms with van der Waals surface area (Å²) >= 11 is 0. The average molecular weight is 452 g/mol. The van der Waals surface area contributed by atoms with Crippen LogP contribution in [-0.2, 0) is 12.8 Å². The minimum absolute atomic E-state index is 0.450. The largest absolute Gasteiger partial charge is 0.476 e. The predicted molar refractivity (Wildman–Crippen MR) is 134 cm³/mol. The Labute approximate surface area is 192 Å². The summed E-state index contributed by atoms with van der Waals surface area (Å²) in [5.74, 6) is 0. The minimum Gasteiger partial charge on any atom is -0.423 e. The molecule has 0 bridgehead atoms. The molecule has 1 saturated heterocycles.